The average Bonchev–Trinajstić information content (AvgIpc) is 2.63. The van der Waals surface area contributed by atoms with Crippen LogP contribution in [-0.4, -0.2) is 11.6 Å². The lowest BCUT2D eigenvalue weighted by molar-refractivity contribution is -0.120. The Morgan fingerprint density at radius 3 is 2.44 bits per heavy atom. The number of benzene rings is 1. The van der Waals surface area contributed by atoms with E-state index in [2.05, 4.69) is 61.0 Å². The van der Waals surface area contributed by atoms with Crippen LogP contribution >= 0.6 is 12.6 Å². The highest BCUT2D eigenvalue weighted by molar-refractivity contribution is 7.84. The maximum atomic E-state index is 12.5. The number of carbonyl (C=O) groups is 1. The Bertz CT molecular complexity index is 724. The van der Waals surface area contributed by atoms with E-state index in [1.807, 2.05) is 6.07 Å². The van der Waals surface area contributed by atoms with Gasteiger partial charge in [-0.05, 0) is 55.7 Å². The molecular weight excluding hydrogens is 330 g/mol. The van der Waals surface area contributed by atoms with E-state index in [1.165, 1.54) is 12.0 Å². The van der Waals surface area contributed by atoms with Crippen molar-refractivity contribution in [1.82, 2.24) is 5.32 Å². The highest BCUT2D eigenvalue weighted by atomic mass is 32.1. The Hall–Kier alpha value is -1.93. The van der Waals surface area contributed by atoms with Gasteiger partial charge in [0.05, 0.1) is 5.03 Å². The lowest BCUT2D eigenvalue weighted by Gasteiger charge is -2.51. The summed E-state index contributed by atoms with van der Waals surface area (Å²) in [4.78, 5) is 14.5. The Balaban J connectivity index is 2.05. The fourth-order valence-corrected chi connectivity index (χ4v) is 4.47. The molecule has 0 unspecified atom stereocenters. The van der Waals surface area contributed by atoms with E-state index in [-0.39, 0.29) is 11.5 Å². The molecule has 2 aliphatic rings. The highest BCUT2D eigenvalue weighted by Gasteiger charge is 2.47. The van der Waals surface area contributed by atoms with Gasteiger partial charge in [0.2, 0.25) is 0 Å². The van der Waals surface area contributed by atoms with Crippen LogP contribution < -0.4 is 10.2 Å². The molecule has 0 radical (unpaired) electrons. The van der Waals surface area contributed by atoms with E-state index >= 15 is 0 Å². The minimum atomic E-state index is -0.478. The van der Waals surface area contributed by atoms with Crippen molar-refractivity contribution in [2.45, 2.75) is 58.0 Å². The first-order valence-electron chi connectivity index (χ1n) is 9.09. The summed E-state index contributed by atoms with van der Waals surface area (Å²) in [5.74, 6) is 0.403. The minimum absolute atomic E-state index is 0.0890. The van der Waals surface area contributed by atoms with Gasteiger partial charge in [0.15, 0.2) is 0 Å². The zero-order valence-corrected chi connectivity index (χ0v) is 15.8. The van der Waals surface area contributed by atoms with Gasteiger partial charge in [-0.3, -0.25) is 4.79 Å². The Kier molecular flexibility index (Phi) is 5.10. The highest BCUT2D eigenvalue weighted by Crippen LogP contribution is 2.43. The van der Waals surface area contributed by atoms with Gasteiger partial charge in [-0.1, -0.05) is 32.4 Å². The molecule has 1 aliphatic heterocycles. The second-order valence-electron chi connectivity index (χ2n) is 7.00. The van der Waals surface area contributed by atoms with Crippen LogP contribution in [0.1, 0.15) is 51.5 Å². The summed E-state index contributed by atoms with van der Waals surface area (Å²) in [6, 6.07) is 10.3. The number of carbonyl (C=O) groups excluding carboxylic acids is 1. The smallest absolute Gasteiger partial charge is 0.266 e. The van der Waals surface area contributed by atoms with Crippen molar-refractivity contribution in [2.75, 3.05) is 4.90 Å². The van der Waals surface area contributed by atoms with Crippen LogP contribution in [0.25, 0.3) is 0 Å². The predicted octanol–water partition coefficient (Wildman–Crippen LogP) is 4.15. The van der Waals surface area contributed by atoms with Crippen LogP contribution in [0.15, 0.2) is 34.9 Å². The number of hydrogen-bond acceptors (Lipinski definition) is 4. The molecule has 1 aromatic rings. The van der Waals surface area contributed by atoms with Gasteiger partial charge in [0, 0.05) is 5.69 Å². The number of nitrogens with one attached hydrogen (secondary N) is 1. The SMILES string of the molecule is CCc1ccc(N2C(S)=C(C#N)C(=O)NC23CCC(CC)CC3)cc1. The van der Waals surface area contributed by atoms with Crippen LogP contribution in [0.4, 0.5) is 5.69 Å². The van der Waals surface area contributed by atoms with E-state index in [0.29, 0.717) is 10.9 Å². The molecule has 1 saturated carbocycles. The van der Waals surface area contributed by atoms with E-state index < -0.39 is 5.66 Å². The maximum Gasteiger partial charge on any atom is 0.266 e. The molecule has 1 N–H and O–H groups in total. The molecule has 1 amide bonds. The molecule has 1 spiro atoms. The van der Waals surface area contributed by atoms with Gasteiger partial charge >= 0.3 is 0 Å². The van der Waals surface area contributed by atoms with E-state index in [9.17, 15) is 10.1 Å². The number of hydrogen-bond donors (Lipinski definition) is 2. The number of nitriles is 1. The summed E-state index contributed by atoms with van der Waals surface area (Å²) in [5.41, 5.74) is 1.85. The quantitative estimate of drug-likeness (QED) is 0.801. The third kappa shape index (κ3) is 3.16. The fraction of sp³-hybridized carbons (Fsp3) is 0.500. The first kappa shape index (κ1) is 17.9. The topological polar surface area (TPSA) is 56.1 Å². The van der Waals surface area contributed by atoms with Gasteiger partial charge in [-0.15, -0.1) is 12.6 Å². The number of amides is 1. The molecule has 1 heterocycles. The molecule has 25 heavy (non-hydrogen) atoms. The summed E-state index contributed by atoms with van der Waals surface area (Å²) in [5, 5.41) is 13.0. The molecule has 0 atom stereocenters. The normalized spacial score (nSPS) is 26.6. The maximum absolute atomic E-state index is 12.5. The molecule has 5 heteroatoms. The number of aryl methyl sites for hydroxylation is 1. The van der Waals surface area contributed by atoms with Crippen molar-refractivity contribution < 1.29 is 4.79 Å². The van der Waals surface area contributed by atoms with Crippen molar-refractivity contribution in [3.63, 3.8) is 0 Å². The lowest BCUT2D eigenvalue weighted by Crippen LogP contribution is -2.64. The lowest BCUT2D eigenvalue weighted by atomic mass is 9.78. The number of thiol groups is 1. The van der Waals surface area contributed by atoms with E-state index in [1.54, 1.807) is 0 Å². The van der Waals surface area contributed by atoms with Crippen LogP contribution in [-0.2, 0) is 11.2 Å². The average molecular weight is 356 g/mol. The zero-order valence-electron chi connectivity index (χ0n) is 14.9. The van der Waals surface area contributed by atoms with Crippen LogP contribution in [0.5, 0.6) is 0 Å². The largest absolute Gasteiger partial charge is 0.328 e. The molecule has 132 valence electrons. The summed E-state index contributed by atoms with van der Waals surface area (Å²) < 4.78 is 0. The molecule has 1 fully saturated rings. The first-order valence-corrected chi connectivity index (χ1v) is 9.54. The van der Waals surface area contributed by atoms with Crippen molar-refractivity contribution >= 4 is 24.2 Å². The van der Waals surface area contributed by atoms with Gasteiger partial charge in [-0.25, -0.2) is 0 Å². The summed E-state index contributed by atoms with van der Waals surface area (Å²) >= 11 is 4.60. The number of anilines is 1. The Morgan fingerprint density at radius 2 is 1.92 bits per heavy atom. The second kappa shape index (κ2) is 7.13. The summed E-state index contributed by atoms with van der Waals surface area (Å²) in [6.07, 6.45) is 6.03. The molecule has 4 nitrogen and oxygen atoms in total. The molecule has 1 aliphatic carbocycles. The number of rotatable bonds is 3. The summed E-state index contributed by atoms with van der Waals surface area (Å²) in [7, 11) is 0. The predicted molar refractivity (Wildman–Crippen MR) is 103 cm³/mol. The third-order valence-corrected chi connectivity index (χ3v) is 6.08. The standard InChI is InChI=1S/C20H25N3OS/c1-3-14-5-7-16(8-6-14)23-19(25)17(13-21)18(24)22-20(23)11-9-15(4-2)10-12-20/h5-8,15,25H,3-4,9-12H2,1-2H3,(H,22,24). The molecule has 1 aromatic carbocycles. The third-order valence-electron chi connectivity index (χ3n) is 5.66. The van der Waals surface area contributed by atoms with Crippen LogP contribution in [0.3, 0.4) is 0 Å². The second-order valence-corrected chi connectivity index (χ2v) is 7.43. The number of nitrogens with zero attached hydrogens (tertiary/aromatic N) is 2. The fourth-order valence-electron chi connectivity index (χ4n) is 4.01. The first-order chi connectivity index (χ1) is 12.0. The monoisotopic (exact) mass is 355 g/mol. The molecule has 3 rings (SSSR count). The molecule has 0 aromatic heterocycles. The van der Waals surface area contributed by atoms with Crippen LogP contribution in [0.2, 0.25) is 0 Å². The van der Waals surface area contributed by atoms with Gasteiger partial charge in [-0.2, -0.15) is 5.26 Å². The van der Waals surface area contributed by atoms with E-state index in [0.717, 1.165) is 37.8 Å². The zero-order chi connectivity index (χ0) is 18.0. The van der Waals surface area contributed by atoms with Gasteiger partial charge in [0.1, 0.15) is 17.3 Å². The van der Waals surface area contributed by atoms with Crippen molar-refractivity contribution in [2.24, 2.45) is 5.92 Å². The molecule has 0 bridgehead atoms. The Labute approximate surface area is 155 Å². The van der Waals surface area contributed by atoms with E-state index in [4.69, 9.17) is 0 Å². The van der Waals surface area contributed by atoms with Gasteiger partial charge in [0.25, 0.3) is 5.91 Å². The van der Waals surface area contributed by atoms with Gasteiger partial charge < -0.3 is 10.2 Å². The summed E-state index contributed by atoms with van der Waals surface area (Å²) in [6.45, 7) is 4.35. The molecular formula is C20H25N3OS. The van der Waals surface area contributed by atoms with Crippen molar-refractivity contribution in [3.05, 3.63) is 40.4 Å². The molecule has 0 saturated heterocycles. The Morgan fingerprint density at radius 1 is 1.28 bits per heavy atom. The minimum Gasteiger partial charge on any atom is -0.328 e. The van der Waals surface area contributed by atoms with Crippen LogP contribution in [0, 0.1) is 17.2 Å². The van der Waals surface area contributed by atoms with Crippen molar-refractivity contribution in [1.29, 1.82) is 5.26 Å². The van der Waals surface area contributed by atoms with Crippen molar-refractivity contribution in [3.8, 4) is 6.07 Å².